The topological polar surface area (TPSA) is 88.3 Å². The molecule has 2 heterocycles. The van der Waals surface area contributed by atoms with Crippen LogP contribution in [0.4, 0.5) is 0 Å². The lowest BCUT2D eigenvalue weighted by Crippen LogP contribution is -2.55. The van der Waals surface area contributed by atoms with Crippen molar-refractivity contribution in [3.63, 3.8) is 0 Å². The zero-order valence-electron chi connectivity index (χ0n) is 10.3. The van der Waals surface area contributed by atoms with Crippen LogP contribution in [0.25, 0.3) is 0 Å². The molecule has 0 bridgehead atoms. The standard InChI is InChI=1S/C11H16N4O2S/c1-6(12)10-14-8(5-18-10)11(17)15-4-3-13-9(16)7(15)2/h5-7H,3-4,12H2,1-2H3,(H,13,16). The Kier molecular flexibility index (Phi) is 3.63. The molecule has 1 aliphatic heterocycles. The van der Waals surface area contributed by atoms with Crippen LogP contribution >= 0.6 is 11.3 Å². The average Bonchev–Trinajstić information content (AvgIpc) is 2.81. The minimum atomic E-state index is -0.452. The van der Waals surface area contributed by atoms with Crippen molar-refractivity contribution < 1.29 is 9.59 Å². The number of aromatic nitrogens is 1. The molecule has 3 N–H and O–H groups in total. The highest BCUT2D eigenvalue weighted by atomic mass is 32.1. The maximum Gasteiger partial charge on any atom is 0.274 e. The fraction of sp³-hybridized carbons (Fsp3) is 0.545. The first-order valence-corrected chi connectivity index (χ1v) is 6.68. The summed E-state index contributed by atoms with van der Waals surface area (Å²) in [7, 11) is 0. The summed E-state index contributed by atoms with van der Waals surface area (Å²) in [5.41, 5.74) is 6.08. The number of nitrogens with one attached hydrogen (secondary N) is 1. The predicted octanol–water partition coefficient (Wildman–Crippen LogP) is 0.123. The zero-order valence-corrected chi connectivity index (χ0v) is 11.2. The number of carbonyl (C=O) groups excluding carboxylic acids is 2. The first-order chi connectivity index (χ1) is 8.50. The van der Waals surface area contributed by atoms with Gasteiger partial charge in [-0.05, 0) is 13.8 Å². The van der Waals surface area contributed by atoms with Gasteiger partial charge in [0.05, 0.1) is 6.04 Å². The van der Waals surface area contributed by atoms with E-state index >= 15 is 0 Å². The van der Waals surface area contributed by atoms with E-state index in [2.05, 4.69) is 10.3 Å². The molecule has 0 saturated carbocycles. The van der Waals surface area contributed by atoms with Crippen molar-refractivity contribution in [3.8, 4) is 0 Å². The number of nitrogens with two attached hydrogens (primary N) is 1. The fourth-order valence-corrected chi connectivity index (χ4v) is 2.55. The number of rotatable bonds is 2. The summed E-state index contributed by atoms with van der Waals surface area (Å²) >= 11 is 1.37. The molecule has 6 nitrogen and oxygen atoms in total. The number of thiazole rings is 1. The summed E-state index contributed by atoms with van der Waals surface area (Å²) in [6.45, 7) is 4.53. The number of carbonyl (C=O) groups is 2. The highest BCUT2D eigenvalue weighted by Gasteiger charge is 2.31. The minimum absolute atomic E-state index is 0.128. The van der Waals surface area contributed by atoms with Crippen molar-refractivity contribution in [1.82, 2.24) is 15.2 Å². The molecule has 7 heteroatoms. The maximum absolute atomic E-state index is 12.2. The predicted molar refractivity (Wildman–Crippen MR) is 68.2 cm³/mol. The third kappa shape index (κ3) is 2.37. The van der Waals surface area contributed by atoms with Crippen LogP contribution < -0.4 is 11.1 Å². The van der Waals surface area contributed by atoms with E-state index in [0.29, 0.717) is 18.8 Å². The monoisotopic (exact) mass is 268 g/mol. The quantitative estimate of drug-likeness (QED) is 0.797. The summed E-state index contributed by atoms with van der Waals surface area (Å²) in [6.07, 6.45) is 0. The van der Waals surface area contributed by atoms with Crippen molar-refractivity contribution in [2.75, 3.05) is 13.1 Å². The normalized spacial score (nSPS) is 21.6. The van der Waals surface area contributed by atoms with Gasteiger partial charge in [-0.25, -0.2) is 4.98 Å². The van der Waals surface area contributed by atoms with E-state index in [1.54, 1.807) is 17.2 Å². The Hall–Kier alpha value is -1.47. The molecule has 1 fully saturated rings. The van der Waals surface area contributed by atoms with Gasteiger partial charge in [0.25, 0.3) is 5.91 Å². The average molecular weight is 268 g/mol. The van der Waals surface area contributed by atoms with E-state index in [-0.39, 0.29) is 17.9 Å². The van der Waals surface area contributed by atoms with E-state index in [1.807, 2.05) is 6.92 Å². The van der Waals surface area contributed by atoms with E-state index < -0.39 is 6.04 Å². The van der Waals surface area contributed by atoms with Gasteiger partial charge in [0.2, 0.25) is 5.91 Å². The third-order valence-corrected chi connectivity index (χ3v) is 3.94. The molecule has 2 atom stereocenters. The number of piperazine rings is 1. The SMILES string of the molecule is CC(N)c1nc(C(=O)N2CCNC(=O)C2C)cs1. The van der Waals surface area contributed by atoms with Crippen molar-refractivity contribution in [2.24, 2.45) is 5.73 Å². The van der Waals surface area contributed by atoms with Gasteiger partial charge in [0.1, 0.15) is 16.7 Å². The molecule has 1 aliphatic rings. The van der Waals surface area contributed by atoms with E-state index in [0.717, 1.165) is 5.01 Å². The second kappa shape index (κ2) is 5.03. The summed E-state index contributed by atoms with van der Waals surface area (Å²) in [6, 6.07) is -0.634. The number of amides is 2. The van der Waals surface area contributed by atoms with Gasteiger partial charge in [-0.3, -0.25) is 9.59 Å². The molecular formula is C11H16N4O2S. The van der Waals surface area contributed by atoms with Gasteiger partial charge < -0.3 is 16.0 Å². The second-order valence-electron chi connectivity index (χ2n) is 4.33. The molecule has 0 radical (unpaired) electrons. The van der Waals surface area contributed by atoms with E-state index in [4.69, 9.17) is 5.73 Å². The summed E-state index contributed by atoms with van der Waals surface area (Å²) in [5, 5.41) is 5.14. The van der Waals surface area contributed by atoms with Crippen LogP contribution in [-0.4, -0.2) is 40.8 Å². The van der Waals surface area contributed by atoms with E-state index in [9.17, 15) is 9.59 Å². The zero-order chi connectivity index (χ0) is 13.3. The van der Waals surface area contributed by atoms with Crippen molar-refractivity contribution in [3.05, 3.63) is 16.1 Å². The van der Waals surface area contributed by atoms with Crippen molar-refractivity contribution in [2.45, 2.75) is 25.9 Å². The second-order valence-corrected chi connectivity index (χ2v) is 5.21. The number of nitrogens with zero attached hydrogens (tertiary/aromatic N) is 2. The molecule has 2 rings (SSSR count). The van der Waals surface area contributed by atoms with Crippen LogP contribution in [0.2, 0.25) is 0 Å². The van der Waals surface area contributed by atoms with Gasteiger partial charge in [0.15, 0.2) is 0 Å². The third-order valence-electron chi connectivity index (χ3n) is 2.89. The molecular weight excluding hydrogens is 252 g/mol. The summed E-state index contributed by atoms with van der Waals surface area (Å²) in [5.74, 6) is -0.335. The fourth-order valence-electron chi connectivity index (χ4n) is 1.80. The summed E-state index contributed by atoms with van der Waals surface area (Å²) in [4.78, 5) is 29.5. The van der Waals surface area contributed by atoms with Crippen LogP contribution in [0.15, 0.2) is 5.38 Å². The first-order valence-electron chi connectivity index (χ1n) is 5.80. The van der Waals surface area contributed by atoms with Crippen molar-refractivity contribution in [1.29, 1.82) is 0 Å². The smallest absolute Gasteiger partial charge is 0.274 e. The Morgan fingerprint density at radius 1 is 1.72 bits per heavy atom. The largest absolute Gasteiger partial charge is 0.353 e. The van der Waals surface area contributed by atoms with Gasteiger partial charge in [-0.1, -0.05) is 0 Å². The molecule has 1 aromatic heterocycles. The molecule has 1 aromatic rings. The molecule has 18 heavy (non-hydrogen) atoms. The van der Waals surface area contributed by atoms with Crippen LogP contribution in [-0.2, 0) is 4.79 Å². The van der Waals surface area contributed by atoms with Crippen molar-refractivity contribution >= 4 is 23.2 Å². The first kappa shape index (κ1) is 13.0. The summed E-state index contributed by atoms with van der Waals surface area (Å²) < 4.78 is 0. The van der Waals surface area contributed by atoms with E-state index in [1.165, 1.54) is 11.3 Å². The Morgan fingerprint density at radius 2 is 2.44 bits per heavy atom. The molecule has 0 spiro atoms. The molecule has 98 valence electrons. The molecule has 2 amide bonds. The Labute approximate surface area is 109 Å². The Bertz CT molecular complexity index is 471. The van der Waals surface area contributed by atoms with Gasteiger partial charge in [-0.2, -0.15) is 0 Å². The van der Waals surface area contributed by atoms with Crippen LogP contribution in [0.1, 0.15) is 35.4 Å². The van der Waals surface area contributed by atoms with Crippen LogP contribution in [0.5, 0.6) is 0 Å². The highest BCUT2D eigenvalue weighted by molar-refractivity contribution is 7.09. The van der Waals surface area contributed by atoms with Gasteiger partial charge >= 0.3 is 0 Å². The molecule has 1 saturated heterocycles. The lowest BCUT2D eigenvalue weighted by molar-refractivity contribution is -0.127. The lowest BCUT2D eigenvalue weighted by atomic mass is 10.2. The lowest BCUT2D eigenvalue weighted by Gasteiger charge is -2.32. The number of hydrogen-bond donors (Lipinski definition) is 2. The minimum Gasteiger partial charge on any atom is -0.353 e. The highest BCUT2D eigenvalue weighted by Crippen LogP contribution is 2.18. The Balaban J connectivity index is 2.17. The molecule has 2 unspecified atom stereocenters. The van der Waals surface area contributed by atoms with Crippen LogP contribution in [0, 0.1) is 0 Å². The van der Waals surface area contributed by atoms with Gasteiger partial charge in [-0.15, -0.1) is 11.3 Å². The Morgan fingerprint density at radius 3 is 3.06 bits per heavy atom. The van der Waals surface area contributed by atoms with Gasteiger partial charge in [0, 0.05) is 18.5 Å². The number of hydrogen-bond acceptors (Lipinski definition) is 5. The molecule has 0 aromatic carbocycles. The molecule has 0 aliphatic carbocycles. The van der Waals surface area contributed by atoms with Crippen LogP contribution in [0.3, 0.4) is 0 Å². The maximum atomic E-state index is 12.2.